The molecule has 0 amide bonds. The zero-order valence-electron chi connectivity index (χ0n) is 15.3. The molecule has 3 fully saturated rings. The molecule has 3 aliphatic heterocycles. The number of aliphatic hydroxyl groups is 1. The lowest BCUT2D eigenvalue weighted by atomic mass is 9.48. The van der Waals surface area contributed by atoms with Gasteiger partial charge in [0.2, 0.25) is 5.79 Å². The van der Waals surface area contributed by atoms with E-state index in [1.807, 2.05) is 6.07 Å². The molecule has 0 radical (unpaired) electrons. The summed E-state index contributed by atoms with van der Waals surface area (Å²) < 4.78 is 24.5. The van der Waals surface area contributed by atoms with Crippen molar-refractivity contribution >= 4 is 0 Å². The highest BCUT2D eigenvalue weighted by Crippen LogP contribution is 2.67. The second kappa shape index (κ2) is 4.73. The summed E-state index contributed by atoms with van der Waals surface area (Å²) in [7, 11) is 3.80. The minimum Gasteiger partial charge on any atom is -0.493 e. The molecule has 140 valence electrons. The number of likely N-dealkylation sites (N-methyl/N-ethyl adjacent to an activating group) is 1. The zero-order chi connectivity index (χ0) is 17.7. The van der Waals surface area contributed by atoms with E-state index in [2.05, 4.69) is 18.0 Å². The summed E-state index contributed by atoms with van der Waals surface area (Å²) in [4.78, 5) is 2.32. The first-order chi connectivity index (χ1) is 12.6. The molecule has 3 heterocycles. The summed E-state index contributed by atoms with van der Waals surface area (Å²) in [5.41, 5.74) is 1.08. The van der Waals surface area contributed by atoms with Gasteiger partial charge in [-0.25, -0.2) is 0 Å². The van der Waals surface area contributed by atoms with Gasteiger partial charge in [-0.2, -0.15) is 0 Å². The first-order valence-corrected chi connectivity index (χ1v) is 9.63. The molecule has 5 aliphatic rings. The molecule has 2 bridgehead atoms. The largest absolute Gasteiger partial charge is 0.493 e. The first-order valence-electron chi connectivity index (χ1n) is 9.63. The van der Waals surface area contributed by atoms with Crippen LogP contribution in [0.2, 0.25) is 0 Å². The van der Waals surface area contributed by atoms with Crippen molar-refractivity contribution < 1.29 is 24.1 Å². The molecule has 6 rings (SSSR count). The van der Waals surface area contributed by atoms with E-state index < -0.39 is 16.8 Å². The van der Waals surface area contributed by atoms with E-state index in [1.165, 1.54) is 5.56 Å². The van der Waals surface area contributed by atoms with E-state index in [1.54, 1.807) is 7.11 Å². The third-order valence-corrected chi connectivity index (χ3v) is 7.72. The number of benzene rings is 1. The van der Waals surface area contributed by atoms with Gasteiger partial charge in [0.25, 0.3) is 0 Å². The Morgan fingerprint density at radius 1 is 1.19 bits per heavy atom. The van der Waals surface area contributed by atoms with Crippen LogP contribution in [0.1, 0.15) is 30.4 Å². The lowest BCUT2D eigenvalue weighted by Gasteiger charge is -2.64. The van der Waals surface area contributed by atoms with Crippen molar-refractivity contribution in [3.8, 4) is 11.5 Å². The third kappa shape index (κ3) is 1.48. The normalized spacial score (nSPS) is 41.8. The van der Waals surface area contributed by atoms with Gasteiger partial charge in [-0.15, -0.1) is 0 Å². The quantitative estimate of drug-likeness (QED) is 0.814. The molecule has 2 aliphatic carbocycles. The molecule has 3 unspecified atom stereocenters. The van der Waals surface area contributed by atoms with E-state index in [0.717, 1.165) is 36.4 Å². The predicted molar refractivity (Wildman–Crippen MR) is 92.6 cm³/mol. The van der Waals surface area contributed by atoms with Crippen LogP contribution in [0.4, 0.5) is 0 Å². The van der Waals surface area contributed by atoms with Gasteiger partial charge in [-0.3, -0.25) is 0 Å². The minimum absolute atomic E-state index is 0.0907. The van der Waals surface area contributed by atoms with Gasteiger partial charge in [0.05, 0.1) is 31.3 Å². The standard InChI is InChI=1S/C20H25NO5/c1-21-8-7-18-15-12-3-4-13(23-2)16(15)26-17(18)20(24-9-10-25-20)6-5-19(18,22)14(21)11-12/h3-4,14,17,22H,5-11H2,1-2H3/t14?,17?,18-,19?/m0/s1. The monoisotopic (exact) mass is 359 g/mol. The van der Waals surface area contributed by atoms with Gasteiger partial charge in [0.1, 0.15) is 0 Å². The number of hydrogen-bond acceptors (Lipinski definition) is 6. The van der Waals surface area contributed by atoms with Gasteiger partial charge in [0, 0.05) is 18.0 Å². The average Bonchev–Trinajstić information content (AvgIpc) is 3.24. The van der Waals surface area contributed by atoms with Crippen molar-refractivity contribution in [2.75, 3.05) is 33.9 Å². The number of fused-ring (bicyclic) bond motifs is 1. The molecule has 4 atom stereocenters. The summed E-state index contributed by atoms with van der Waals surface area (Å²) in [5, 5.41) is 12.1. The number of piperidine rings is 1. The molecule has 1 aromatic rings. The van der Waals surface area contributed by atoms with Gasteiger partial charge >= 0.3 is 0 Å². The number of ether oxygens (including phenoxy) is 4. The van der Waals surface area contributed by atoms with Crippen LogP contribution in [-0.2, 0) is 21.3 Å². The van der Waals surface area contributed by atoms with Crippen molar-refractivity contribution in [2.45, 2.75) is 54.6 Å². The Labute approximate surface area is 153 Å². The molecule has 2 saturated heterocycles. The molecule has 26 heavy (non-hydrogen) atoms. The van der Waals surface area contributed by atoms with E-state index in [-0.39, 0.29) is 12.1 Å². The lowest BCUT2D eigenvalue weighted by Crippen LogP contribution is -2.79. The highest BCUT2D eigenvalue weighted by molar-refractivity contribution is 5.63. The number of methoxy groups -OCH3 is 1. The van der Waals surface area contributed by atoms with Crippen LogP contribution < -0.4 is 9.47 Å². The van der Waals surface area contributed by atoms with Crippen LogP contribution in [0, 0.1) is 0 Å². The fraction of sp³-hybridized carbons (Fsp3) is 0.700. The molecule has 6 nitrogen and oxygen atoms in total. The average molecular weight is 359 g/mol. The van der Waals surface area contributed by atoms with Crippen LogP contribution in [0.25, 0.3) is 0 Å². The fourth-order valence-electron chi connectivity index (χ4n) is 6.63. The number of nitrogens with zero attached hydrogens (tertiary/aromatic N) is 1. The van der Waals surface area contributed by atoms with E-state index in [4.69, 9.17) is 18.9 Å². The van der Waals surface area contributed by atoms with Crippen molar-refractivity contribution in [2.24, 2.45) is 0 Å². The van der Waals surface area contributed by atoms with Crippen LogP contribution >= 0.6 is 0 Å². The van der Waals surface area contributed by atoms with Gasteiger partial charge in [-0.1, -0.05) is 6.07 Å². The van der Waals surface area contributed by atoms with Crippen molar-refractivity contribution in [3.63, 3.8) is 0 Å². The minimum atomic E-state index is -0.837. The highest BCUT2D eigenvalue weighted by atomic mass is 16.8. The Morgan fingerprint density at radius 3 is 2.77 bits per heavy atom. The zero-order valence-corrected chi connectivity index (χ0v) is 15.3. The van der Waals surface area contributed by atoms with Gasteiger partial charge in [-0.05, 0) is 44.5 Å². The van der Waals surface area contributed by atoms with Crippen LogP contribution in [0.15, 0.2) is 12.1 Å². The Bertz CT molecular complexity index is 791. The Hall–Kier alpha value is -1.34. The number of hydrogen-bond donors (Lipinski definition) is 1. The summed E-state index contributed by atoms with van der Waals surface area (Å²) in [6.45, 7) is 2.09. The molecule has 6 heteroatoms. The number of likely N-dealkylation sites (tertiary alicyclic amines) is 1. The third-order valence-electron chi connectivity index (χ3n) is 7.72. The van der Waals surface area contributed by atoms with Crippen LogP contribution in [-0.4, -0.2) is 67.5 Å². The number of rotatable bonds is 1. The van der Waals surface area contributed by atoms with E-state index in [9.17, 15) is 5.11 Å². The molecule has 1 aromatic carbocycles. The summed E-state index contributed by atoms with van der Waals surface area (Å²) >= 11 is 0. The fourth-order valence-corrected chi connectivity index (χ4v) is 6.63. The molecular weight excluding hydrogens is 334 g/mol. The maximum absolute atomic E-state index is 12.1. The van der Waals surface area contributed by atoms with Gasteiger partial charge in [0.15, 0.2) is 17.6 Å². The second-order valence-electron chi connectivity index (χ2n) is 8.48. The Balaban J connectivity index is 1.66. The smallest absolute Gasteiger partial charge is 0.207 e. The summed E-state index contributed by atoms with van der Waals surface area (Å²) in [6.07, 6.45) is 2.66. The van der Waals surface area contributed by atoms with Crippen LogP contribution in [0.5, 0.6) is 11.5 Å². The highest BCUT2D eigenvalue weighted by Gasteiger charge is 2.77. The van der Waals surface area contributed by atoms with Crippen LogP contribution in [0.3, 0.4) is 0 Å². The molecule has 1 saturated carbocycles. The molecule has 2 spiro atoms. The Kier molecular flexibility index (Phi) is 2.86. The van der Waals surface area contributed by atoms with E-state index in [0.29, 0.717) is 26.1 Å². The van der Waals surface area contributed by atoms with Crippen molar-refractivity contribution in [1.82, 2.24) is 4.90 Å². The first kappa shape index (κ1) is 15.7. The SMILES string of the molecule is COc1ccc2c3c1OC1C4(CCC5(O)C(C2)N(C)CC[C@]315)OCCO4. The predicted octanol–water partition coefficient (Wildman–Crippen LogP) is 1.22. The van der Waals surface area contributed by atoms with E-state index >= 15 is 0 Å². The lowest BCUT2D eigenvalue weighted by molar-refractivity contribution is -0.295. The maximum atomic E-state index is 12.1. The molecule has 1 N–H and O–H groups in total. The van der Waals surface area contributed by atoms with Crippen molar-refractivity contribution in [3.05, 3.63) is 23.3 Å². The summed E-state index contributed by atoms with van der Waals surface area (Å²) in [6, 6.07) is 4.23. The Morgan fingerprint density at radius 2 is 2.00 bits per heavy atom. The molecular formula is C20H25NO5. The summed E-state index contributed by atoms with van der Waals surface area (Å²) in [5.74, 6) is 0.767. The molecule has 0 aromatic heterocycles. The second-order valence-corrected chi connectivity index (χ2v) is 8.48. The maximum Gasteiger partial charge on any atom is 0.207 e. The topological polar surface area (TPSA) is 60.4 Å². The van der Waals surface area contributed by atoms with Crippen molar-refractivity contribution in [1.29, 1.82) is 0 Å². The van der Waals surface area contributed by atoms with Gasteiger partial charge < -0.3 is 29.0 Å².